The van der Waals surface area contributed by atoms with Crippen LogP contribution in [0.2, 0.25) is 0 Å². The van der Waals surface area contributed by atoms with Crippen molar-refractivity contribution in [3.8, 4) is 33.8 Å². The molecule has 0 radical (unpaired) electrons. The fourth-order valence-corrected chi connectivity index (χ4v) is 5.69. The zero-order valence-corrected chi connectivity index (χ0v) is 24.5. The third-order valence-electron chi connectivity index (χ3n) is 7.91. The van der Waals surface area contributed by atoms with Crippen LogP contribution in [0.4, 0.5) is 0 Å². The van der Waals surface area contributed by atoms with Crippen LogP contribution in [0.15, 0.2) is 104 Å². The summed E-state index contributed by atoms with van der Waals surface area (Å²) in [7, 11) is 1.69. The molecule has 0 aliphatic rings. The zero-order valence-electron chi connectivity index (χ0n) is 24.5. The molecule has 4 nitrogen and oxygen atoms in total. The van der Waals surface area contributed by atoms with E-state index in [1.165, 1.54) is 43.4 Å². The summed E-state index contributed by atoms with van der Waals surface area (Å²) in [6.45, 7) is 10.6. The number of esters is 1. The number of ether oxygens (including phenoxy) is 3. The van der Waals surface area contributed by atoms with Gasteiger partial charge in [0, 0.05) is 6.08 Å². The molecule has 4 heteroatoms. The van der Waals surface area contributed by atoms with E-state index in [4.69, 9.17) is 14.2 Å². The fraction of sp³-hybridized carbons (Fsp3) is 0.184. The number of carbonyl (C=O) groups is 1. The van der Waals surface area contributed by atoms with Crippen molar-refractivity contribution in [1.29, 1.82) is 0 Å². The van der Waals surface area contributed by atoms with Gasteiger partial charge in [0.05, 0.1) is 7.11 Å². The van der Waals surface area contributed by atoms with E-state index in [-0.39, 0.29) is 18.6 Å². The first kappa shape index (κ1) is 27.3. The summed E-state index contributed by atoms with van der Waals surface area (Å²) in [5.74, 6) is 1.10. The molecule has 0 atom stereocenters. The van der Waals surface area contributed by atoms with Gasteiger partial charge in [-0.25, -0.2) is 4.79 Å². The molecule has 6 aromatic carbocycles. The van der Waals surface area contributed by atoms with E-state index < -0.39 is 5.97 Å². The van der Waals surface area contributed by atoms with Crippen molar-refractivity contribution in [2.45, 2.75) is 26.2 Å². The Morgan fingerprint density at radius 3 is 1.76 bits per heavy atom. The summed E-state index contributed by atoms with van der Waals surface area (Å²) < 4.78 is 16.3. The van der Waals surface area contributed by atoms with Crippen molar-refractivity contribution in [1.82, 2.24) is 0 Å². The summed E-state index contributed by atoms with van der Waals surface area (Å²) in [6, 6.07) is 32.5. The van der Waals surface area contributed by atoms with Crippen molar-refractivity contribution in [2.24, 2.45) is 0 Å². The molecule has 6 rings (SSSR count). The molecule has 210 valence electrons. The Labute approximate surface area is 246 Å². The topological polar surface area (TPSA) is 44.8 Å². The summed E-state index contributed by atoms with van der Waals surface area (Å²) in [6.07, 6.45) is 1.15. The first-order valence-electron chi connectivity index (χ1n) is 14.2. The maximum absolute atomic E-state index is 11.3. The van der Waals surface area contributed by atoms with Gasteiger partial charge < -0.3 is 14.2 Å². The van der Waals surface area contributed by atoms with Gasteiger partial charge in [-0.05, 0) is 95.9 Å². The van der Waals surface area contributed by atoms with E-state index >= 15 is 0 Å². The van der Waals surface area contributed by atoms with Crippen LogP contribution in [0.25, 0.3) is 54.6 Å². The van der Waals surface area contributed by atoms with E-state index in [9.17, 15) is 4.79 Å². The lowest BCUT2D eigenvalue weighted by atomic mass is 9.81. The van der Waals surface area contributed by atoms with Crippen molar-refractivity contribution in [3.63, 3.8) is 0 Å². The van der Waals surface area contributed by atoms with Crippen molar-refractivity contribution in [2.75, 3.05) is 20.3 Å². The molecule has 0 spiro atoms. The van der Waals surface area contributed by atoms with Crippen molar-refractivity contribution in [3.05, 3.63) is 109 Å². The molecule has 0 aliphatic carbocycles. The normalized spacial score (nSPS) is 11.7. The maximum atomic E-state index is 11.3. The minimum Gasteiger partial charge on any atom is -0.497 e. The van der Waals surface area contributed by atoms with Gasteiger partial charge in [0.25, 0.3) is 0 Å². The van der Waals surface area contributed by atoms with Gasteiger partial charge in [-0.2, -0.15) is 0 Å². The standard InChI is InChI=1S/C38H34O4/c1-6-35(39)42-20-19-41-30-15-9-25(10-16-30)34-23-33(24-7-13-29(40-5)14-8-24)31-17-11-26-21-28(38(2,3)4)22-27-12-18-32(34)37(31)36(26)27/h6-18,21-23H,1,19-20H2,2-5H3. The molecule has 0 saturated carbocycles. The van der Waals surface area contributed by atoms with E-state index in [0.717, 1.165) is 34.3 Å². The highest BCUT2D eigenvalue weighted by molar-refractivity contribution is 6.28. The number of carbonyl (C=O) groups excluding carboxylic acids is 1. The van der Waals surface area contributed by atoms with Crippen LogP contribution >= 0.6 is 0 Å². The molecule has 0 N–H and O–H groups in total. The Bertz CT molecular complexity index is 1890. The van der Waals surface area contributed by atoms with Crippen molar-refractivity contribution >= 4 is 38.3 Å². The summed E-state index contributed by atoms with van der Waals surface area (Å²) in [4.78, 5) is 11.3. The number of benzene rings is 6. The summed E-state index contributed by atoms with van der Waals surface area (Å²) in [5.41, 5.74) is 5.97. The molecule has 0 fully saturated rings. The molecular weight excluding hydrogens is 520 g/mol. The second-order valence-corrected chi connectivity index (χ2v) is 11.6. The highest BCUT2D eigenvalue weighted by Crippen LogP contribution is 2.45. The lowest BCUT2D eigenvalue weighted by molar-refractivity contribution is -0.138. The van der Waals surface area contributed by atoms with Crippen molar-refractivity contribution < 1.29 is 19.0 Å². The second-order valence-electron chi connectivity index (χ2n) is 11.6. The molecular formula is C38H34O4. The molecule has 0 aromatic heterocycles. The van der Waals surface area contributed by atoms with E-state index in [0.29, 0.717) is 0 Å². The predicted octanol–water partition coefficient (Wildman–Crippen LogP) is 9.33. The minimum atomic E-state index is -0.453. The van der Waals surface area contributed by atoms with Gasteiger partial charge in [0.1, 0.15) is 24.7 Å². The highest BCUT2D eigenvalue weighted by Gasteiger charge is 2.20. The monoisotopic (exact) mass is 554 g/mol. The Kier molecular flexibility index (Phi) is 7.07. The first-order valence-corrected chi connectivity index (χ1v) is 14.2. The van der Waals surface area contributed by atoms with E-state index in [1.807, 2.05) is 24.3 Å². The van der Waals surface area contributed by atoms with Gasteiger partial charge in [0.15, 0.2) is 0 Å². The molecule has 0 unspecified atom stereocenters. The largest absolute Gasteiger partial charge is 0.497 e. The number of hydrogen-bond acceptors (Lipinski definition) is 4. The average molecular weight is 555 g/mol. The fourth-order valence-electron chi connectivity index (χ4n) is 5.69. The molecule has 0 saturated heterocycles. The SMILES string of the molecule is C=CC(=O)OCCOc1ccc(-c2cc(-c3ccc(OC)cc3)c3ccc4cc(C(C)(C)C)cc5ccc2c3c45)cc1. The van der Waals surface area contributed by atoms with Crippen LogP contribution < -0.4 is 9.47 Å². The molecule has 0 bridgehead atoms. The number of methoxy groups -OCH3 is 1. The van der Waals surface area contributed by atoms with Gasteiger partial charge in [0.2, 0.25) is 0 Å². The average Bonchev–Trinajstić information content (AvgIpc) is 3.01. The van der Waals surface area contributed by atoms with Gasteiger partial charge in [-0.15, -0.1) is 0 Å². The molecule has 0 amide bonds. The van der Waals surface area contributed by atoms with Crippen LogP contribution in [0.1, 0.15) is 26.3 Å². The van der Waals surface area contributed by atoms with Crippen LogP contribution in [-0.2, 0) is 14.9 Å². The van der Waals surface area contributed by atoms with Gasteiger partial charge >= 0.3 is 5.97 Å². The number of hydrogen-bond donors (Lipinski definition) is 0. The first-order chi connectivity index (χ1) is 20.3. The van der Waals surface area contributed by atoms with E-state index in [2.05, 4.69) is 94.1 Å². The summed E-state index contributed by atoms with van der Waals surface area (Å²) >= 11 is 0. The van der Waals surface area contributed by atoms with Gasteiger partial charge in [-0.3, -0.25) is 0 Å². The molecule has 0 aliphatic heterocycles. The van der Waals surface area contributed by atoms with Crippen LogP contribution in [-0.4, -0.2) is 26.3 Å². The third kappa shape index (κ3) is 5.05. The highest BCUT2D eigenvalue weighted by atomic mass is 16.6. The second kappa shape index (κ2) is 10.9. The molecule has 42 heavy (non-hydrogen) atoms. The quantitative estimate of drug-likeness (QED) is 0.0814. The van der Waals surface area contributed by atoms with Crippen LogP contribution in [0.5, 0.6) is 11.5 Å². The Morgan fingerprint density at radius 1 is 0.714 bits per heavy atom. The Morgan fingerprint density at radius 2 is 1.26 bits per heavy atom. The minimum absolute atomic E-state index is 0.0565. The number of rotatable bonds is 8. The predicted molar refractivity (Wildman–Crippen MR) is 173 cm³/mol. The maximum Gasteiger partial charge on any atom is 0.330 e. The van der Waals surface area contributed by atoms with Gasteiger partial charge in [-0.1, -0.05) is 88.0 Å². The Balaban J connectivity index is 1.51. The lowest BCUT2D eigenvalue weighted by Gasteiger charge is -2.23. The van der Waals surface area contributed by atoms with E-state index in [1.54, 1.807) is 7.11 Å². The van der Waals surface area contributed by atoms with Crippen LogP contribution in [0.3, 0.4) is 0 Å². The van der Waals surface area contributed by atoms with Crippen LogP contribution in [0, 0.1) is 0 Å². The third-order valence-corrected chi connectivity index (χ3v) is 7.91. The zero-order chi connectivity index (χ0) is 29.4. The molecule has 6 aromatic rings. The lowest BCUT2D eigenvalue weighted by Crippen LogP contribution is -2.10. The Hall–Kier alpha value is -4.83. The summed E-state index contributed by atoms with van der Waals surface area (Å²) in [5, 5.41) is 7.54. The molecule has 0 heterocycles. The smallest absolute Gasteiger partial charge is 0.330 e.